The lowest BCUT2D eigenvalue weighted by Gasteiger charge is -2.26. The van der Waals surface area contributed by atoms with Crippen LogP contribution in [0.4, 0.5) is 0 Å². The third-order valence-electron chi connectivity index (χ3n) is 7.30. The van der Waals surface area contributed by atoms with Gasteiger partial charge in [0.05, 0.1) is 0 Å². The Morgan fingerprint density at radius 2 is 1.24 bits per heavy atom. The Balaban J connectivity index is 1.80. The summed E-state index contributed by atoms with van der Waals surface area (Å²) in [4.78, 5) is 0. The minimum Gasteiger partial charge on any atom is -0.309 e. The van der Waals surface area contributed by atoms with Crippen LogP contribution in [0.25, 0.3) is 21.9 Å². The maximum absolute atomic E-state index is 15.5. The van der Waals surface area contributed by atoms with Gasteiger partial charge >= 0.3 is 0 Å². The number of rotatable bonds is 3. The molecular weight excluding hydrogens is 431 g/mol. The van der Waals surface area contributed by atoms with Crippen molar-refractivity contribution in [2.24, 2.45) is 0 Å². The van der Waals surface area contributed by atoms with E-state index in [0.717, 1.165) is 27.9 Å². The molecule has 0 fully saturated rings. The average Bonchev–Trinajstić information content (AvgIpc) is 3.26. The van der Waals surface area contributed by atoms with Gasteiger partial charge in [0.15, 0.2) is 7.14 Å². The summed E-state index contributed by atoms with van der Waals surface area (Å²) in [6.07, 6.45) is 0.878. The van der Waals surface area contributed by atoms with Gasteiger partial charge in [-0.25, -0.2) is 0 Å². The Morgan fingerprint density at radius 1 is 0.647 bits per heavy atom. The Hall–Kier alpha value is -3.41. The zero-order valence-corrected chi connectivity index (χ0v) is 20.7. The van der Waals surface area contributed by atoms with Crippen LogP contribution in [0.15, 0.2) is 97.1 Å². The molecule has 6 rings (SSSR count). The van der Waals surface area contributed by atoms with Crippen LogP contribution in [-0.2, 0) is 11.0 Å². The summed E-state index contributed by atoms with van der Waals surface area (Å²) < 4.78 is 15.5. The monoisotopic (exact) mass is 458 g/mol. The van der Waals surface area contributed by atoms with Crippen LogP contribution in [0.1, 0.15) is 27.8 Å². The molecule has 0 aromatic heterocycles. The summed E-state index contributed by atoms with van der Waals surface area (Å²) in [6, 6.07) is 33.4. The van der Waals surface area contributed by atoms with E-state index >= 15 is 4.57 Å². The molecule has 0 heterocycles. The minimum absolute atomic E-state index is 0.878. The second kappa shape index (κ2) is 7.83. The van der Waals surface area contributed by atoms with Gasteiger partial charge in [-0.2, -0.15) is 0 Å². The fourth-order valence-corrected chi connectivity index (χ4v) is 9.02. The van der Waals surface area contributed by atoms with Crippen LogP contribution in [0.3, 0.4) is 0 Å². The van der Waals surface area contributed by atoms with E-state index in [2.05, 4.69) is 57.2 Å². The topological polar surface area (TPSA) is 17.1 Å². The molecule has 1 aliphatic carbocycles. The van der Waals surface area contributed by atoms with Crippen molar-refractivity contribution < 1.29 is 4.57 Å². The molecule has 0 radical (unpaired) electrons. The van der Waals surface area contributed by atoms with Crippen LogP contribution in [0.5, 0.6) is 0 Å². The molecule has 0 bridgehead atoms. The van der Waals surface area contributed by atoms with E-state index in [0.29, 0.717) is 0 Å². The standard InChI is InChI=1S/C32H27OP/c1-21-18-23(3)32(34(33,25-13-6-4-7-14-25)26-15-8-5-9-16-26)31-28(21)19-22(2)30-27-17-11-10-12-24(27)20-29(30)31/h4-19H,20H2,1-3H3. The third kappa shape index (κ3) is 2.97. The predicted molar refractivity (Wildman–Crippen MR) is 146 cm³/mol. The molecule has 34 heavy (non-hydrogen) atoms. The van der Waals surface area contributed by atoms with Crippen molar-refractivity contribution in [1.29, 1.82) is 0 Å². The fraction of sp³-hybridized carbons (Fsp3) is 0.125. The maximum Gasteiger partial charge on any atom is 0.171 e. The molecule has 0 saturated carbocycles. The first-order valence-electron chi connectivity index (χ1n) is 11.9. The SMILES string of the molecule is Cc1cc2c(C)cc(C)c(P(=O)(c3ccccc3)c3ccccc3)c2c2c1-c1ccccc1C2. The van der Waals surface area contributed by atoms with Gasteiger partial charge in [-0.15, -0.1) is 0 Å². The van der Waals surface area contributed by atoms with Gasteiger partial charge in [-0.05, 0) is 76.9 Å². The lowest BCUT2D eigenvalue weighted by atomic mass is 9.91. The molecule has 0 unspecified atom stereocenters. The molecule has 2 heteroatoms. The van der Waals surface area contributed by atoms with Crippen molar-refractivity contribution in [2.75, 3.05) is 0 Å². The van der Waals surface area contributed by atoms with Gasteiger partial charge in [0.25, 0.3) is 0 Å². The van der Waals surface area contributed by atoms with E-state index in [4.69, 9.17) is 0 Å². The smallest absolute Gasteiger partial charge is 0.171 e. The summed E-state index contributed by atoms with van der Waals surface area (Å²) in [5, 5.41) is 5.18. The Kier molecular flexibility index (Phi) is 4.87. The molecular formula is C32H27OP. The van der Waals surface area contributed by atoms with E-state index in [9.17, 15) is 0 Å². The molecule has 0 atom stereocenters. The molecule has 166 valence electrons. The molecule has 0 saturated heterocycles. The van der Waals surface area contributed by atoms with Crippen LogP contribution in [0.2, 0.25) is 0 Å². The van der Waals surface area contributed by atoms with E-state index in [-0.39, 0.29) is 0 Å². The molecule has 0 spiro atoms. The Bertz CT molecular complexity index is 1570. The van der Waals surface area contributed by atoms with Crippen LogP contribution in [0, 0.1) is 20.8 Å². The molecule has 0 aliphatic heterocycles. The highest BCUT2D eigenvalue weighted by molar-refractivity contribution is 7.85. The second-order valence-electron chi connectivity index (χ2n) is 9.44. The average molecular weight is 459 g/mol. The summed E-state index contributed by atoms with van der Waals surface area (Å²) in [5.41, 5.74) is 8.95. The van der Waals surface area contributed by atoms with Crippen molar-refractivity contribution in [1.82, 2.24) is 0 Å². The van der Waals surface area contributed by atoms with Gasteiger partial charge in [-0.3, -0.25) is 0 Å². The van der Waals surface area contributed by atoms with Crippen molar-refractivity contribution in [3.05, 3.63) is 125 Å². The predicted octanol–water partition coefficient (Wildman–Crippen LogP) is 6.98. The van der Waals surface area contributed by atoms with E-state index < -0.39 is 7.14 Å². The van der Waals surface area contributed by atoms with Crippen LogP contribution < -0.4 is 15.9 Å². The quantitative estimate of drug-likeness (QED) is 0.262. The Labute approximate surface area is 201 Å². The van der Waals surface area contributed by atoms with Crippen molar-refractivity contribution in [3.63, 3.8) is 0 Å². The molecule has 0 N–H and O–H groups in total. The van der Waals surface area contributed by atoms with Crippen molar-refractivity contribution >= 4 is 33.8 Å². The first-order valence-corrected chi connectivity index (χ1v) is 13.6. The van der Waals surface area contributed by atoms with E-state index in [1.807, 2.05) is 60.7 Å². The van der Waals surface area contributed by atoms with Gasteiger partial charge < -0.3 is 4.57 Å². The molecule has 1 aliphatic rings. The number of hydrogen-bond acceptors (Lipinski definition) is 1. The largest absolute Gasteiger partial charge is 0.309 e. The number of hydrogen-bond donors (Lipinski definition) is 0. The highest BCUT2D eigenvalue weighted by Gasteiger charge is 2.35. The number of fused-ring (bicyclic) bond motifs is 5. The maximum atomic E-state index is 15.5. The van der Waals surface area contributed by atoms with Gasteiger partial charge in [0.2, 0.25) is 0 Å². The third-order valence-corrected chi connectivity index (χ3v) is 10.6. The van der Waals surface area contributed by atoms with Gasteiger partial charge in [0, 0.05) is 15.9 Å². The molecule has 1 nitrogen and oxygen atoms in total. The highest BCUT2D eigenvalue weighted by Crippen LogP contribution is 2.50. The van der Waals surface area contributed by atoms with Crippen LogP contribution >= 0.6 is 7.14 Å². The number of benzene rings is 5. The van der Waals surface area contributed by atoms with Crippen LogP contribution in [-0.4, -0.2) is 0 Å². The first kappa shape index (κ1) is 21.1. The van der Waals surface area contributed by atoms with Crippen molar-refractivity contribution in [3.8, 4) is 11.1 Å². The Morgan fingerprint density at radius 3 is 1.88 bits per heavy atom. The summed E-state index contributed by atoms with van der Waals surface area (Å²) in [7, 11) is -3.12. The van der Waals surface area contributed by atoms with E-state index in [1.165, 1.54) is 44.2 Å². The zero-order chi connectivity index (χ0) is 23.4. The van der Waals surface area contributed by atoms with E-state index in [1.54, 1.807) is 0 Å². The number of aryl methyl sites for hydroxylation is 3. The van der Waals surface area contributed by atoms with Gasteiger partial charge in [0.1, 0.15) is 0 Å². The zero-order valence-electron chi connectivity index (χ0n) is 19.8. The lowest BCUT2D eigenvalue weighted by molar-refractivity contribution is 0.592. The molecule has 5 aromatic carbocycles. The second-order valence-corrected chi connectivity index (χ2v) is 12.1. The first-order chi connectivity index (χ1) is 16.5. The summed E-state index contributed by atoms with van der Waals surface area (Å²) >= 11 is 0. The highest BCUT2D eigenvalue weighted by atomic mass is 31.2. The van der Waals surface area contributed by atoms with Crippen molar-refractivity contribution in [2.45, 2.75) is 27.2 Å². The minimum atomic E-state index is -3.12. The molecule has 0 amide bonds. The molecule has 5 aromatic rings. The fourth-order valence-electron chi connectivity index (χ4n) is 5.89. The summed E-state index contributed by atoms with van der Waals surface area (Å²) in [5.74, 6) is 0. The lowest BCUT2D eigenvalue weighted by Crippen LogP contribution is -2.28. The normalized spacial score (nSPS) is 12.6. The van der Waals surface area contributed by atoms with Gasteiger partial charge in [-0.1, -0.05) is 97.1 Å². The summed E-state index contributed by atoms with van der Waals surface area (Å²) in [6.45, 7) is 6.53.